The van der Waals surface area contributed by atoms with E-state index < -0.39 is 17.7 Å². The number of carbonyl (C=O) groups is 1. The van der Waals surface area contributed by atoms with Gasteiger partial charge >= 0.3 is 5.97 Å². The molecule has 1 unspecified atom stereocenters. The molecule has 1 aromatic rings. The summed E-state index contributed by atoms with van der Waals surface area (Å²) in [7, 11) is 0. The molecular formula is C11H13ClFNO2. The van der Waals surface area contributed by atoms with E-state index in [1.807, 2.05) is 0 Å². The molecule has 16 heavy (non-hydrogen) atoms. The Morgan fingerprint density at radius 1 is 1.62 bits per heavy atom. The van der Waals surface area contributed by atoms with Crippen molar-refractivity contribution in [2.75, 3.05) is 6.54 Å². The average Bonchev–Trinajstić information content (AvgIpc) is 2.23. The van der Waals surface area contributed by atoms with Crippen molar-refractivity contribution in [2.45, 2.75) is 19.3 Å². The van der Waals surface area contributed by atoms with Gasteiger partial charge in [-0.15, -0.1) is 0 Å². The van der Waals surface area contributed by atoms with Gasteiger partial charge in [-0.2, -0.15) is 0 Å². The number of aryl methyl sites for hydroxylation is 1. The smallest absolute Gasteiger partial charge is 0.312 e. The molecule has 88 valence electrons. The van der Waals surface area contributed by atoms with E-state index in [2.05, 4.69) is 0 Å². The fraction of sp³-hybridized carbons (Fsp3) is 0.364. The number of carboxylic acids is 1. The Balaban J connectivity index is 3.24. The normalized spacial score (nSPS) is 12.5. The third-order valence-corrected chi connectivity index (χ3v) is 2.72. The second kappa shape index (κ2) is 5.27. The van der Waals surface area contributed by atoms with Crippen LogP contribution < -0.4 is 5.73 Å². The lowest BCUT2D eigenvalue weighted by Crippen LogP contribution is -2.21. The fourth-order valence-electron chi connectivity index (χ4n) is 1.51. The van der Waals surface area contributed by atoms with Gasteiger partial charge in [0.2, 0.25) is 0 Å². The average molecular weight is 246 g/mol. The monoisotopic (exact) mass is 245 g/mol. The molecule has 1 atom stereocenters. The van der Waals surface area contributed by atoms with Gasteiger partial charge < -0.3 is 10.8 Å². The second-order valence-corrected chi connectivity index (χ2v) is 3.86. The Hall–Kier alpha value is -1.13. The van der Waals surface area contributed by atoms with E-state index in [9.17, 15) is 9.18 Å². The van der Waals surface area contributed by atoms with E-state index in [0.717, 1.165) is 0 Å². The van der Waals surface area contributed by atoms with Crippen molar-refractivity contribution in [1.29, 1.82) is 0 Å². The molecule has 1 aromatic carbocycles. The van der Waals surface area contributed by atoms with Gasteiger partial charge in [-0.1, -0.05) is 24.6 Å². The first-order valence-corrected chi connectivity index (χ1v) is 5.29. The largest absolute Gasteiger partial charge is 0.481 e. The van der Waals surface area contributed by atoms with Gasteiger partial charge in [0.15, 0.2) is 0 Å². The summed E-state index contributed by atoms with van der Waals surface area (Å²) in [5, 5.41) is 8.87. The lowest BCUT2D eigenvalue weighted by Gasteiger charge is -2.12. The highest BCUT2D eigenvalue weighted by Crippen LogP contribution is 2.25. The Morgan fingerprint density at radius 3 is 2.69 bits per heavy atom. The third kappa shape index (κ3) is 2.51. The number of nitrogens with two attached hydrogens (primary N) is 1. The Bertz CT molecular complexity index is 409. The first-order valence-electron chi connectivity index (χ1n) is 4.91. The van der Waals surface area contributed by atoms with E-state index in [1.165, 1.54) is 12.1 Å². The van der Waals surface area contributed by atoms with Gasteiger partial charge in [0.25, 0.3) is 0 Å². The van der Waals surface area contributed by atoms with Crippen LogP contribution >= 0.6 is 11.6 Å². The quantitative estimate of drug-likeness (QED) is 0.855. The molecule has 0 aliphatic carbocycles. The molecule has 1 rings (SSSR count). The number of hydrogen-bond donors (Lipinski definition) is 2. The van der Waals surface area contributed by atoms with Crippen molar-refractivity contribution < 1.29 is 14.3 Å². The van der Waals surface area contributed by atoms with Crippen LogP contribution in [0.15, 0.2) is 12.1 Å². The summed E-state index contributed by atoms with van der Waals surface area (Å²) in [5.74, 6) is -2.37. The van der Waals surface area contributed by atoms with Crippen LogP contribution in [0.5, 0.6) is 0 Å². The topological polar surface area (TPSA) is 63.3 Å². The maximum absolute atomic E-state index is 13.4. The minimum atomic E-state index is -1.03. The van der Waals surface area contributed by atoms with Gasteiger partial charge in [-0.05, 0) is 23.6 Å². The molecule has 0 aliphatic heterocycles. The van der Waals surface area contributed by atoms with E-state index in [4.69, 9.17) is 22.4 Å². The number of hydrogen-bond acceptors (Lipinski definition) is 2. The van der Waals surface area contributed by atoms with E-state index in [1.54, 1.807) is 6.92 Å². The standard InChI is InChI=1S/C11H13ClFNO2/c1-2-6-3-7(4-9(12)10(6)13)8(5-14)11(15)16/h3-4,8H,2,5,14H2,1H3,(H,15,16). The molecule has 3 N–H and O–H groups in total. The molecule has 3 nitrogen and oxygen atoms in total. The van der Waals surface area contributed by atoms with Gasteiger partial charge in [-0.25, -0.2) is 4.39 Å². The molecule has 0 fully saturated rings. The van der Waals surface area contributed by atoms with Crippen molar-refractivity contribution in [3.63, 3.8) is 0 Å². The molecule has 0 bridgehead atoms. The van der Waals surface area contributed by atoms with Crippen LogP contribution in [0, 0.1) is 5.82 Å². The highest BCUT2D eigenvalue weighted by Gasteiger charge is 2.20. The number of rotatable bonds is 4. The lowest BCUT2D eigenvalue weighted by atomic mass is 9.96. The Kier molecular flexibility index (Phi) is 4.26. The highest BCUT2D eigenvalue weighted by atomic mass is 35.5. The number of carboxylic acid groups (broad SMARTS) is 1. The molecule has 0 aromatic heterocycles. The summed E-state index contributed by atoms with van der Waals surface area (Å²) < 4.78 is 13.4. The zero-order valence-corrected chi connectivity index (χ0v) is 9.59. The molecule has 0 amide bonds. The predicted octanol–water partition coefficient (Wildman–Crippen LogP) is 2.17. The van der Waals surface area contributed by atoms with Crippen LogP contribution in [0.25, 0.3) is 0 Å². The minimum absolute atomic E-state index is 0.0412. The second-order valence-electron chi connectivity index (χ2n) is 3.46. The maximum Gasteiger partial charge on any atom is 0.312 e. The van der Waals surface area contributed by atoms with Gasteiger partial charge in [0, 0.05) is 6.54 Å². The molecular weight excluding hydrogens is 233 g/mol. The SMILES string of the molecule is CCc1cc(C(CN)C(=O)O)cc(Cl)c1F. The Morgan fingerprint density at radius 2 is 2.25 bits per heavy atom. The first kappa shape index (κ1) is 12.9. The van der Waals surface area contributed by atoms with Crippen LogP contribution in [0.3, 0.4) is 0 Å². The van der Waals surface area contributed by atoms with Crippen molar-refractivity contribution >= 4 is 17.6 Å². The maximum atomic E-state index is 13.4. The summed E-state index contributed by atoms with van der Waals surface area (Å²) in [4.78, 5) is 10.9. The summed E-state index contributed by atoms with van der Waals surface area (Å²) in [6, 6.07) is 2.83. The fourth-order valence-corrected chi connectivity index (χ4v) is 1.75. The van der Waals surface area contributed by atoms with Crippen LogP contribution in [0.1, 0.15) is 24.0 Å². The molecule has 0 radical (unpaired) electrons. The Labute approximate surface area is 98.0 Å². The zero-order chi connectivity index (χ0) is 12.3. The van der Waals surface area contributed by atoms with Gasteiger partial charge in [0.05, 0.1) is 10.9 Å². The zero-order valence-electron chi connectivity index (χ0n) is 8.84. The molecule has 0 spiro atoms. The summed E-state index contributed by atoms with van der Waals surface area (Å²) in [6.07, 6.45) is 0.455. The molecule has 0 heterocycles. The molecule has 0 saturated heterocycles. The molecule has 0 aliphatic rings. The summed E-state index contributed by atoms with van der Waals surface area (Å²) in [6.45, 7) is 1.73. The van der Waals surface area contributed by atoms with Crippen molar-refractivity contribution in [3.8, 4) is 0 Å². The van der Waals surface area contributed by atoms with Crippen LogP contribution in [0.2, 0.25) is 5.02 Å². The van der Waals surface area contributed by atoms with E-state index >= 15 is 0 Å². The summed E-state index contributed by atoms with van der Waals surface area (Å²) in [5.41, 5.74) is 6.22. The van der Waals surface area contributed by atoms with E-state index in [-0.39, 0.29) is 11.6 Å². The van der Waals surface area contributed by atoms with Gasteiger partial charge in [0.1, 0.15) is 5.82 Å². The van der Waals surface area contributed by atoms with Crippen LogP contribution in [0.4, 0.5) is 4.39 Å². The predicted molar refractivity (Wildman–Crippen MR) is 60.2 cm³/mol. The van der Waals surface area contributed by atoms with Crippen molar-refractivity contribution in [2.24, 2.45) is 5.73 Å². The highest BCUT2D eigenvalue weighted by molar-refractivity contribution is 6.30. The lowest BCUT2D eigenvalue weighted by molar-refractivity contribution is -0.138. The van der Waals surface area contributed by atoms with Crippen LogP contribution in [-0.4, -0.2) is 17.6 Å². The first-order chi connectivity index (χ1) is 7.51. The van der Waals surface area contributed by atoms with Gasteiger partial charge in [-0.3, -0.25) is 4.79 Å². The molecule has 5 heteroatoms. The van der Waals surface area contributed by atoms with Crippen molar-refractivity contribution in [3.05, 3.63) is 34.1 Å². The van der Waals surface area contributed by atoms with Crippen molar-refractivity contribution in [1.82, 2.24) is 0 Å². The summed E-state index contributed by atoms with van der Waals surface area (Å²) >= 11 is 5.69. The van der Waals surface area contributed by atoms with Crippen LogP contribution in [-0.2, 0) is 11.2 Å². The molecule has 0 saturated carbocycles. The number of halogens is 2. The third-order valence-electron chi connectivity index (χ3n) is 2.44. The minimum Gasteiger partial charge on any atom is -0.481 e. The van der Waals surface area contributed by atoms with E-state index in [0.29, 0.717) is 17.5 Å². The number of aliphatic carboxylic acids is 1. The number of benzene rings is 1.